The van der Waals surface area contributed by atoms with Crippen molar-refractivity contribution in [3.8, 4) is 11.5 Å². The Morgan fingerprint density at radius 3 is 2.67 bits per heavy atom. The highest BCUT2D eigenvalue weighted by Crippen LogP contribution is 2.50. The van der Waals surface area contributed by atoms with E-state index in [0.717, 1.165) is 25.7 Å². The number of hydrogen-bond acceptors (Lipinski definition) is 6. The van der Waals surface area contributed by atoms with Crippen LogP contribution in [-0.2, 0) is 9.16 Å². The lowest BCUT2D eigenvalue weighted by molar-refractivity contribution is -0.131. The first kappa shape index (κ1) is 28.3. The smallest absolute Gasteiger partial charge is 0.192 e. The van der Waals surface area contributed by atoms with Gasteiger partial charge in [0.05, 0.1) is 30.9 Å². The Balaban J connectivity index is 2.41. The van der Waals surface area contributed by atoms with Crippen LogP contribution in [0.3, 0.4) is 0 Å². The summed E-state index contributed by atoms with van der Waals surface area (Å²) in [5, 5.41) is 11.8. The molecule has 0 aliphatic carbocycles. The third kappa shape index (κ3) is 6.20. The van der Waals surface area contributed by atoms with E-state index in [1.807, 2.05) is 6.08 Å². The molecule has 1 aromatic heterocycles. The molecule has 1 fully saturated rings. The van der Waals surface area contributed by atoms with Crippen molar-refractivity contribution in [3.63, 3.8) is 0 Å². The standard InChI is InChI=1S/C25H42BrNO5Si/c1-9-11-14-31-21-18(26)16-27-20(22(21)29-6)23(28)25(10-2)13-12-15-30-19(25)17-32-33(7,8)24(3,4)5/h10,16,19,23,28H,2,9,11-15,17H2,1,3-8H3/t19-,23?,25?/m1/s1. The van der Waals surface area contributed by atoms with Crippen molar-refractivity contribution in [2.24, 2.45) is 5.41 Å². The van der Waals surface area contributed by atoms with Crippen molar-refractivity contribution >= 4 is 24.2 Å². The molecule has 1 aliphatic rings. The highest BCUT2D eigenvalue weighted by Gasteiger charge is 2.49. The van der Waals surface area contributed by atoms with Gasteiger partial charge in [-0.05, 0) is 53.3 Å². The predicted molar refractivity (Wildman–Crippen MR) is 139 cm³/mol. The van der Waals surface area contributed by atoms with E-state index in [9.17, 15) is 5.11 Å². The number of ether oxygens (including phenoxy) is 3. The second-order valence-corrected chi connectivity index (χ2v) is 16.0. The van der Waals surface area contributed by atoms with E-state index in [4.69, 9.17) is 18.6 Å². The lowest BCUT2D eigenvalue weighted by atomic mass is 9.71. The van der Waals surface area contributed by atoms with Crippen molar-refractivity contribution in [3.05, 3.63) is 29.0 Å². The zero-order chi connectivity index (χ0) is 24.9. The molecule has 2 heterocycles. The molecule has 0 saturated carbocycles. The molecule has 1 saturated heterocycles. The van der Waals surface area contributed by atoms with E-state index in [1.54, 1.807) is 13.3 Å². The third-order valence-electron chi connectivity index (χ3n) is 7.14. The number of nitrogens with zero attached hydrogens (tertiary/aromatic N) is 1. The molecule has 188 valence electrons. The largest absolute Gasteiger partial charge is 0.491 e. The summed E-state index contributed by atoms with van der Waals surface area (Å²) in [5.41, 5.74) is -0.329. The molecule has 0 bridgehead atoms. The molecule has 1 aromatic rings. The quantitative estimate of drug-likeness (QED) is 0.197. The Morgan fingerprint density at radius 1 is 1.39 bits per heavy atom. The van der Waals surface area contributed by atoms with E-state index in [0.29, 0.717) is 41.5 Å². The van der Waals surface area contributed by atoms with Crippen molar-refractivity contribution in [2.45, 2.75) is 83.7 Å². The second kappa shape index (κ2) is 11.7. The molecule has 1 aliphatic heterocycles. The van der Waals surface area contributed by atoms with Gasteiger partial charge in [-0.15, -0.1) is 6.58 Å². The molecular weight excluding hydrogens is 502 g/mol. The monoisotopic (exact) mass is 543 g/mol. The fourth-order valence-electron chi connectivity index (χ4n) is 3.85. The third-order valence-corrected chi connectivity index (χ3v) is 12.2. The minimum Gasteiger partial charge on any atom is -0.491 e. The average molecular weight is 545 g/mol. The van der Waals surface area contributed by atoms with E-state index >= 15 is 0 Å². The Labute approximate surface area is 209 Å². The van der Waals surface area contributed by atoms with Crippen LogP contribution in [0, 0.1) is 5.41 Å². The molecule has 0 amide bonds. The molecule has 0 aromatic carbocycles. The summed E-state index contributed by atoms with van der Waals surface area (Å²) >= 11 is 3.52. The second-order valence-electron chi connectivity index (χ2n) is 10.3. The Morgan fingerprint density at radius 2 is 2.09 bits per heavy atom. The van der Waals surface area contributed by atoms with E-state index in [2.05, 4.69) is 68.3 Å². The van der Waals surface area contributed by atoms with Gasteiger partial charge in [0, 0.05) is 18.2 Å². The van der Waals surface area contributed by atoms with Gasteiger partial charge < -0.3 is 23.7 Å². The summed E-state index contributed by atoms with van der Waals surface area (Å²) in [5.74, 6) is 0.990. The molecular formula is C25H42BrNO5Si. The minimum atomic E-state index is -1.99. The van der Waals surface area contributed by atoms with Crippen molar-refractivity contribution in [1.82, 2.24) is 4.98 Å². The number of pyridine rings is 1. The number of methoxy groups -OCH3 is 1. The van der Waals surface area contributed by atoms with Gasteiger partial charge in [0.25, 0.3) is 0 Å². The number of aliphatic hydroxyl groups excluding tert-OH is 1. The van der Waals surface area contributed by atoms with Gasteiger partial charge in [-0.2, -0.15) is 0 Å². The maximum absolute atomic E-state index is 11.7. The molecule has 2 unspecified atom stereocenters. The van der Waals surface area contributed by atoms with Crippen LogP contribution in [0.25, 0.3) is 0 Å². The first-order valence-corrected chi connectivity index (χ1v) is 15.6. The summed E-state index contributed by atoms with van der Waals surface area (Å²) < 4.78 is 25.1. The molecule has 8 heteroatoms. The molecule has 0 spiro atoms. The van der Waals surface area contributed by atoms with Crippen LogP contribution in [0.2, 0.25) is 18.1 Å². The van der Waals surface area contributed by atoms with Crippen LogP contribution in [0.1, 0.15) is 65.2 Å². The fraction of sp³-hybridized carbons (Fsp3) is 0.720. The van der Waals surface area contributed by atoms with Crippen LogP contribution in [-0.4, -0.2) is 51.4 Å². The van der Waals surface area contributed by atoms with Gasteiger partial charge >= 0.3 is 0 Å². The Bertz CT molecular complexity index is 798. The molecule has 6 nitrogen and oxygen atoms in total. The van der Waals surface area contributed by atoms with Gasteiger partial charge in [0.15, 0.2) is 19.8 Å². The molecule has 0 radical (unpaired) electrons. The van der Waals surface area contributed by atoms with E-state index in [-0.39, 0.29) is 11.1 Å². The van der Waals surface area contributed by atoms with Gasteiger partial charge in [0.1, 0.15) is 11.8 Å². The first-order valence-electron chi connectivity index (χ1n) is 11.9. The predicted octanol–water partition coefficient (Wildman–Crippen LogP) is 6.44. The molecule has 1 N–H and O–H groups in total. The Hall–Kier alpha value is -0.933. The van der Waals surface area contributed by atoms with Crippen molar-refractivity contribution in [2.75, 3.05) is 26.9 Å². The lowest BCUT2D eigenvalue weighted by Gasteiger charge is -2.46. The molecule has 3 atom stereocenters. The number of hydrogen-bond donors (Lipinski definition) is 1. The maximum Gasteiger partial charge on any atom is 0.192 e. The zero-order valence-corrected chi connectivity index (χ0v) is 24.0. The zero-order valence-electron chi connectivity index (χ0n) is 21.4. The highest BCUT2D eigenvalue weighted by atomic mass is 79.9. The van der Waals surface area contributed by atoms with Crippen molar-refractivity contribution in [1.29, 1.82) is 0 Å². The fourth-order valence-corrected chi connectivity index (χ4v) is 5.25. The number of aromatic nitrogens is 1. The van der Waals surface area contributed by atoms with Crippen LogP contribution in [0.4, 0.5) is 0 Å². The normalized spacial score (nSPS) is 22.6. The van der Waals surface area contributed by atoms with Crippen LogP contribution >= 0.6 is 15.9 Å². The SMILES string of the molecule is C=CC1(C(O)c2ncc(Br)c(OCCCC)c2OC)CCCO[C@@H]1CO[Si](C)(C)C(C)(C)C. The summed E-state index contributed by atoms with van der Waals surface area (Å²) in [6, 6.07) is 0. The van der Waals surface area contributed by atoms with Gasteiger partial charge in [0.2, 0.25) is 0 Å². The average Bonchev–Trinajstić information content (AvgIpc) is 2.77. The topological polar surface area (TPSA) is 70.0 Å². The van der Waals surface area contributed by atoms with Crippen molar-refractivity contribution < 1.29 is 23.7 Å². The highest BCUT2D eigenvalue weighted by molar-refractivity contribution is 9.10. The number of aliphatic hydroxyl groups is 1. The Kier molecular flexibility index (Phi) is 10.0. The summed E-state index contributed by atoms with van der Waals surface area (Å²) in [6.07, 6.45) is 5.63. The van der Waals surface area contributed by atoms with Crippen LogP contribution < -0.4 is 9.47 Å². The number of rotatable bonds is 11. The molecule has 33 heavy (non-hydrogen) atoms. The first-order chi connectivity index (χ1) is 15.4. The van der Waals surface area contributed by atoms with Gasteiger partial charge in [-0.25, -0.2) is 0 Å². The van der Waals surface area contributed by atoms with Crippen LogP contribution in [0.5, 0.6) is 11.5 Å². The van der Waals surface area contributed by atoms with Crippen LogP contribution in [0.15, 0.2) is 23.3 Å². The van der Waals surface area contributed by atoms with Gasteiger partial charge in [-0.3, -0.25) is 4.98 Å². The minimum absolute atomic E-state index is 0.0817. The lowest BCUT2D eigenvalue weighted by Crippen LogP contribution is -2.50. The van der Waals surface area contributed by atoms with E-state index in [1.165, 1.54) is 0 Å². The van der Waals surface area contributed by atoms with Gasteiger partial charge in [-0.1, -0.05) is 40.2 Å². The number of unbranched alkanes of at least 4 members (excludes halogenated alkanes) is 1. The maximum atomic E-state index is 11.7. The van der Waals surface area contributed by atoms with E-state index < -0.39 is 19.8 Å². The molecule has 2 rings (SSSR count). The summed E-state index contributed by atoms with van der Waals surface area (Å²) in [6.45, 7) is 18.9. The summed E-state index contributed by atoms with van der Waals surface area (Å²) in [7, 11) is -0.422. The number of halogens is 1. The summed E-state index contributed by atoms with van der Waals surface area (Å²) in [4.78, 5) is 4.55.